The van der Waals surface area contributed by atoms with Gasteiger partial charge in [-0.25, -0.2) is 22.2 Å². The van der Waals surface area contributed by atoms with Crippen molar-refractivity contribution in [2.75, 3.05) is 15.8 Å². The molecule has 13 heteroatoms. The molecule has 4 rings (SSSR count). The summed E-state index contributed by atoms with van der Waals surface area (Å²) in [7, 11) is -2.09. The minimum atomic E-state index is -3.84. The molecule has 33 heavy (non-hydrogen) atoms. The van der Waals surface area contributed by atoms with Gasteiger partial charge in [0, 0.05) is 24.2 Å². The van der Waals surface area contributed by atoms with Crippen molar-refractivity contribution in [3.05, 3.63) is 54.0 Å². The second kappa shape index (κ2) is 8.58. The highest BCUT2D eigenvalue weighted by molar-refractivity contribution is 7.92. The van der Waals surface area contributed by atoms with Crippen molar-refractivity contribution in [3.63, 3.8) is 0 Å². The lowest BCUT2D eigenvalue weighted by molar-refractivity contribution is 0.101. The largest absolute Gasteiger partial charge is 0.320 e. The second-order valence-corrected chi connectivity index (χ2v) is 9.10. The number of pyridine rings is 1. The van der Waals surface area contributed by atoms with Gasteiger partial charge in [0.05, 0.1) is 29.5 Å². The average molecular weight is 475 g/mol. The zero-order chi connectivity index (χ0) is 23.8. The van der Waals surface area contributed by atoms with Crippen molar-refractivity contribution in [3.8, 4) is 11.3 Å². The summed E-state index contributed by atoms with van der Waals surface area (Å²) in [6.07, 6.45) is 4.96. The van der Waals surface area contributed by atoms with E-state index in [2.05, 4.69) is 25.6 Å². The van der Waals surface area contributed by atoms with Crippen molar-refractivity contribution in [2.24, 2.45) is 7.05 Å². The van der Waals surface area contributed by atoms with Crippen LogP contribution in [0.25, 0.3) is 22.3 Å². The van der Waals surface area contributed by atoms with Gasteiger partial charge in [-0.15, -0.1) is 0 Å². The summed E-state index contributed by atoms with van der Waals surface area (Å²) in [4.78, 5) is 16.9. The van der Waals surface area contributed by atoms with Gasteiger partial charge in [-0.05, 0) is 24.6 Å². The number of rotatable bonds is 7. The van der Waals surface area contributed by atoms with Crippen molar-refractivity contribution in [1.82, 2.24) is 25.0 Å². The Hall–Kier alpha value is -3.87. The summed E-state index contributed by atoms with van der Waals surface area (Å²) in [6.45, 7) is 1.64. The molecule has 0 aliphatic carbocycles. The number of fused-ring (bicyclic) bond motifs is 1. The molecule has 10 nitrogen and oxygen atoms in total. The van der Waals surface area contributed by atoms with Crippen LogP contribution < -0.4 is 10.0 Å². The molecule has 172 valence electrons. The second-order valence-electron chi connectivity index (χ2n) is 7.25. The fourth-order valence-corrected chi connectivity index (χ4v) is 4.39. The van der Waals surface area contributed by atoms with E-state index in [0.717, 1.165) is 12.1 Å². The van der Waals surface area contributed by atoms with Crippen LogP contribution in [0.5, 0.6) is 0 Å². The van der Waals surface area contributed by atoms with E-state index in [4.69, 9.17) is 0 Å². The molecule has 0 unspecified atom stereocenters. The Bertz CT molecular complexity index is 1460. The SMILES string of the molecule is CCCS(=O)(=O)Nc1ccc(F)c(C(=O)Nc2cnc3[nH]nc(-c4cnn(C)c4)c3c2)c1F. The molecule has 0 spiro atoms. The van der Waals surface area contributed by atoms with Gasteiger partial charge in [0.1, 0.15) is 17.1 Å². The smallest absolute Gasteiger partial charge is 0.261 e. The number of aromatic amines is 1. The quantitative estimate of drug-likeness (QED) is 0.376. The molecule has 1 aromatic carbocycles. The molecule has 0 bridgehead atoms. The van der Waals surface area contributed by atoms with Crippen LogP contribution in [0.15, 0.2) is 36.8 Å². The fraction of sp³-hybridized carbons (Fsp3) is 0.200. The summed E-state index contributed by atoms with van der Waals surface area (Å²) in [5.41, 5.74) is 0.402. The Kier molecular flexibility index (Phi) is 5.80. The third-order valence-corrected chi connectivity index (χ3v) is 6.19. The number of carbonyl (C=O) groups excluding carboxylic acids is 1. The third kappa shape index (κ3) is 4.53. The number of sulfonamides is 1. The highest BCUT2D eigenvalue weighted by atomic mass is 32.2. The molecule has 0 aliphatic heterocycles. The van der Waals surface area contributed by atoms with Crippen LogP contribution in [0.4, 0.5) is 20.2 Å². The van der Waals surface area contributed by atoms with Crippen LogP contribution >= 0.6 is 0 Å². The first-order chi connectivity index (χ1) is 15.7. The van der Waals surface area contributed by atoms with E-state index in [9.17, 15) is 22.0 Å². The van der Waals surface area contributed by atoms with Gasteiger partial charge in [-0.2, -0.15) is 10.2 Å². The number of aryl methyl sites for hydroxylation is 1. The van der Waals surface area contributed by atoms with Crippen LogP contribution in [0.3, 0.4) is 0 Å². The topological polar surface area (TPSA) is 135 Å². The van der Waals surface area contributed by atoms with E-state index in [1.54, 1.807) is 37.1 Å². The van der Waals surface area contributed by atoms with E-state index in [1.807, 2.05) is 4.72 Å². The molecule has 0 saturated carbocycles. The summed E-state index contributed by atoms with van der Waals surface area (Å²) in [6, 6.07) is 3.30. The summed E-state index contributed by atoms with van der Waals surface area (Å²) in [5.74, 6) is -3.81. The monoisotopic (exact) mass is 475 g/mol. The number of H-pyrrole nitrogens is 1. The number of halogens is 2. The maximum atomic E-state index is 14.9. The van der Waals surface area contributed by atoms with Crippen molar-refractivity contribution in [2.45, 2.75) is 13.3 Å². The molecule has 4 aromatic rings. The standard InChI is InChI=1S/C20H19F2N7O3S/c1-3-6-33(31,32)28-15-5-4-14(21)16(17(15)22)20(30)25-12-7-13-18(11-8-24-29(2)10-11)26-27-19(13)23-9-12/h4-5,7-10,28H,3,6H2,1-2H3,(H,25,30)(H,23,26,27). The molecule has 0 aliphatic rings. The van der Waals surface area contributed by atoms with Gasteiger partial charge in [0.2, 0.25) is 10.0 Å². The van der Waals surface area contributed by atoms with Gasteiger partial charge < -0.3 is 5.32 Å². The number of aromatic nitrogens is 5. The molecule has 0 radical (unpaired) electrons. The summed E-state index contributed by atoms with van der Waals surface area (Å²) in [5, 5.41) is 14.0. The summed E-state index contributed by atoms with van der Waals surface area (Å²) < 4.78 is 56.8. The van der Waals surface area contributed by atoms with Crippen molar-refractivity contribution in [1.29, 1.82) is 0 Å². The van der Waals surface area contributed by atoms with Gasteiger partial charge in [0.25, 0.3) is 5.91 Å². The number of amides is 1. The Morgan fingerprint density at radius 2 is 2.03 bits per heavy atom. The predicted octanol–water partition coefficient (Wildman–Crippen LogP) is 3.04. The van der Waals surface area contributed by atoms with Crippen LogP contribution in [0.1, 0.15) is 23.7 Å². The number of nitrogens with zero attached hydrogens (tertiary/aromatic N) is 4. The van der Waals surface area contributed by atoms with E-state index < -0.39 is 38.8 Å². The maximum absolute atomic E-state index is 14.9. The number of anilines is 2. The van der Waals surface area contributed by atoms with E-state index >= 15 is 0 Å². The first kappa shape index (κ1) is 22.3. The Morgan fingerprint density at radius 1 is 1.24 bits per heavy atom. The molecule has 0 atom stereocenters. The number of hydrogen-bond donors (Lipinski definition) is 3. The van der Waals surface area contributed by atoms with Gasteiger partial charge >= 0.3 is 0 Å². The average Bonchev–Trinajstić information content (AvgIpc) is 3.35. The number of carbonyl (C=O) groups is 1. The van der Waals surface area contributed by atoms with Crippen LogP contribution in [0.2, 0.25) is 0 Å². The Balaban J connectivity index is 1.65. The van der Waals surface area contributed by atoms with E-state index in [-0.39, 0.29) is 11.4 Å². The van der Waals surface area contributed by atoms with Crippen LogP contribution in [-0.4, -0.2) is 45.0 Å². The molecule has 1 amide bonds. The minimum Gasteiger partial charge on any atom is -0.320 e. The normalized spacial score (nSPS) is 11.6. The molecule has 3 heterocycles. The molecular formula is C20H19F2N7O3S. The predicted molar refractivity (Wildman–Crippen MR) is 118 cm³/mol. The van der Waals surface area contributed by atoms with E-state index in [0.29, 0.717) is 28.7 Å². The number of benzene rings is 1. The van der Waals surface area contributed by atoms with Crippen molar-refractivity contribution >= 4 is 38.3 Å². The zero-order valence-electron chi connectivity index (χ0n) is 17.6. The van der Waals surface area contributed by atoms with Crippen LogP contribution in [-0.2, 0) is 17.1 Å². The molecule has 0 saturated heterocycles. The lowest BCUT2D eigenvalue weighted by Crippen LogP contribution is -2.20. The fourth-order valence-electron chi connectivity index (χ4n) is 3.26. The third-order valence-electron chi connectivity index (χ3n) is 4.71. The van der Waals surface area contributed by atoms with Gasteiger partial charge in [-0.3, -0.25) is 19.3 Å². The van der Waals surface area contributed by atoms with Gasteiger partial charge in [-0.1, -0.05) is 6.92 Å². The molecule has 0 fully saturated rings. The number of nitrogens with one attached hydrogen (secondary N) is 3. The maximum Gasteiger partial charge on any atom is 0.261 e. The van der Waals surface area contributed by atoms with E-state index in [1.165, 1.54) is 6.20 Å². The molecular weight excluding hydrogens is 456 g/mol. The van der Waals surface area contributed by atoms with Crippen LogP contribution in [0, 0.1) is 11.6 Å². The zero-order valence-corrected chi connectivity index (χ0v) is 18.4. The first-order valence-corrected chi connectivity index (χ1v) is 11.5. The first-order valence-electron chi connectivity index (χ1n) is 9.81. The Morgan fingerprint density at radius 3 is 2.73 bits per heavy atom. The Labute approximate surface area is 187 Å². The van der Waals surface area contributed by atoms with Gasteiger partial charge in [0.15, 0.2) is 11.5 Å². The van der Waals surface area contributed by atoms with Crippen molar-refractivity contribution < 1.29 is 22.0 Å². The molecule has 3 N–H and O–H groups in total. The highest BCUT2D eigenvalue weighted by Crippen LogP contribution is 2.28. The number of hydrogen-bond acceptors (Lipinski definition) is 6. The minimum absolute atomic E-state index is 0.162. The molecule has 3 aromatic heterocycles. The highest BCUT2D eigenvalue weighted by Gasteiger charge is 2.23. The lowest BCUT2D eigenvalue weighted by atomic mass is 10.1. The summed E-state index contributed by atoms with van der Waals surface area (Å²) >= 11 is 0. The lowest BCUT2D eigenvalue weighted by Gasteiger charge is -2.12.